The van der Waals surface area contributed by atoms with Crippen molar-refractivity contribution in [1.29, 1.82) is 0 Å². The molecule has 0 bridgehead atoms. The second-order valence-corrected chi connectivity index (χ2v) is 6.54. The van der Waals surface area contributed by atoms with Gasteiger partial charge in [-0.3, -0.25) is 4.90 Å². The predicted octanol–water partition coefficient (Wildman–Crippen LogP) is 4.57. The fraction of sp³-hybridized carbons (Fsp3) is 0.412. The van der Waals surface area contributed by atoms with E-state index in [1.165, 1.54) is 10.4 Å². The van der Waals surface area contributed by atoms with Crippen LogP contribution < -0.4 is 5.32 Å². The average molecular weight is 323 g/mol. The topological polar surface area (TPSA) is 15.3 Å². The predicted molar refractivity (Wildman–Crippen MR) is 93.1 cm³/mol. The normalized spacial score (nSPS) is 12.8. The van der Waals surface area contributed by atoms with Gasteiger partial charge in [-0.05, 0) is 43.1 Å². The Morgan fingerprint density at radius 2 is 2.05 bits per heavy atom. The zero-order valence-electron chi connectivity index (χ0n) is 12.7. The Bertz CT molecular complexity index is 527. The lowest BCUT2D eigenvalue weighted by molar-refractivity contribution is 0.265. The number of nitrogens with one attached hydrogen (secondary N) is 1. The van der Waals surface area contributed by atoms with E-state index in [1.807, 2.05) is 30.5 Å². The fourth-order valence-corrected chi connectivity index (χ4v) is 3.51. The van der Waals surface area contributed by atoms with Crippen LogP contribution in [0.25, 0.3) is 0 Å². The largest absolute Gasteiger partial charge is 0.313 e. The molecule has 0 radical (unpaired) electrons. The third-order valence-electron chi connectivity index (χ3n) is 3.77. The third kappa shape index (κ3) is 4.82. The lowest BCUT2D eigenvalue weighted by atomic mass is 10.0. The van der Waals surface area contributed by atoms with Gasteiger partial charge in [0.2, 0.25) is 0 Å². The van der Waals surface area contributed by atoms with E-state index < -0.39 is 0 Å². The number of benzene rings is 1. The van der Waals surface area contributed by atoms with Gasteiger partial charge >= 0.3 is 0 Å². The molecule has 0 fully saturated rings. The molecule has 1 heterocycles. The number of thiophene rings is 1. The molecule has 4 heteroatoms. The molecule has 2 rings (SSSR count). The van der Waals surface area contributed by atoms with Crippen molar-refractivity contribution in [3.63, 3.8) is 0 Å². The molecule has 1 atom stereocenters. The van der Waals surface area contributed by atoms with Crippen LogP contribution in [0.15, 0.2) is 41.8 Å². The molecule has 2 aromatic rings. The first-order chi connectivity index (χ1) is 10.2. The molecule has 1 aromatic heterocycles. The van der Waals surface area contributed by atoms with Crippen LogP contribution in [0.5, 0.6) is 0 Å². The Labute approximate surface area is 136 Å². The van der Waals surface area contributed by atoms with Crippen molar-refractivity contribution in [2.75, 3.05) is 20.1 Å². The van der Waals surface area contributed by atoms with Crippen molar-refractivity contribution in [1.82, 2.24) is 10.2 Å². The van der Waals surface area contributed by atoms with E-state index in [0.717, 1.165) is 31.1 Å². The number of halogens is 1. The standard InChI is InChI=1S/C17H23ClN2S/c1-3-20(13-14-7-6-12-21-14)11-10-17(19-2)15-8-4-5-9-16(15)18/h4-9,12,17,19H,3,10-11,13H2,1-2H3. The molecule has 21 heavy (non-hydrogen) atoms. The van der Waals surface area contributed by atoms with Gasteiger partial charge in [-0.25, -0.2) is 0 Å². The number of hydrogen-bond donors (Lipinski definition) is 1. The Balaban J connectivity index is 1.94. The average Bonchev–Trinajstić information content (AvgIpc) is 3.01. The van der Waals surface area contributed by atoms with Crippen molar-refractivity contribution in [2.45, 2.75) is 25.9 Å². The van der Waals surface area contributed by atoms with Crippen molar-refractivity contribution in [3.8, 4) is 0 Å². The summed E-state index contributed by atoms with van der Waals surface area (Å²) in [6, 6.07) is 12.7. The van der Waals surface area contributed by atoms with E-state index in [0.29, 0.717) is 6.04 Å². The van der Waals surface area contributed by atoms with Gasteiger partial charge in [0.05, 0.1) is 0 Å². The minimum absolute atomic E-state index is 0.302. The summed E-state index contributed by atoms with van der Waals surface area (Å²) in [6.45, 7) is 5.38. The van der Waals surface area contributed by atoms with E-state index in [-0.39, 0.29) is 0 Å². The minimum Gasteiger partial charge on any atom is -0.313 e. The fourth-order valence-electron chi connectivity index (χ4n) is 2.50. The first-order valence-electron chi connectivity index (χ1n) is 7.41. The molecule has 0 aliphatic heterocycles. The van der Waals surface area contributed by atoms with Gasteiger partial charge in [0.1, 0.15) is 0 Å². The summed E-state index contributed by atoms with van der Waals surface area (Å²) in [5.41, 5.74) is 1.19. The SMILES string of the molecule is CCN(CCC(NC)c1ccccc1Cl)Cc1cccs1. The summed E-state index contributed by atoms with van der Waals surface area (Å²) in [5.74, 6) is 0. The Kier molecular flexibility index (Phi) is 6.71. The molecular formula is C17H23ClN2S. The molecule has 2 nitrogen and oxygen atoms in total. The van der Waals surface area contributed by atoms with Crippen LogP contribution >= 0.6 is 22.9 Å². The van der Waals surface area contributed by atoms with Gasteiger partial charge < -0.3 is 5.32 Å². The van der Waals surface area contributed by atoms with Crippen molar-refractivity contribution in [3.05, 3.63) is 57.2 Å². The van der Waals surface area contributed by atoms with Gasteiger partial charge in [-0.15, -0.1) is 11.3 Å². The molecule has 1 N–H and O–H groups in total. The van der Waals surface area contributed by atoms with Crippen molar-refractivity contribution in [2.24, 2.45) is 0 Å². The van der Waals surface area contributed by atoms with Gasteiger partial charge in [-0.1, -0.05) is 42.8 Å². The number of rotatable bonds is 8. The summed E-state index contributed by atoms with van der Waals surface area (Å²) in [7, 11) is 2.00. The maximum atomic E-state index is 6.31. The molecule has 0 amide bonds. The first kappa shape index (κ1) is 16.5. The zero-order chi connectivity index (χ0) is 15.1. The first-order valence-corrected chi connectivity index (χ1v) is 8.66. The van der Waals surface area contributed by atoms with Crippen LogP contribution in [0.3, 0.4) is 0 Å². The molecule has 0 aliphatic rings. The highest BCUT2D eigenvalue weighted by molar-refractivity contribution is 7.09. The highest BCUT2D eigenvalue weighted by Crippen LogP contribution is 2.25. The lowest BCUT2D eigenvalue weighted by Crippen LogP contribution is -2.28. The Morgan fingerprint density at radius 1 is 1.24 bits per heavy atom. The molecule has 0 saturated heterocycles. The second kappa shape index (κ2) is 8.54. The monoisotopic (exact) mass is 322 g/mol. The van der Waals surface area contributed by atoms with Crippen LogP contribution in [-0.2, 0) is 6.54 Å². The summed E-state index contributed by atoms with van der Waals surface area (Å²) in [5, 5.41) is 6.38. The maximum Gasteiger partial charge on any atom is 0.0453 e. The van der Waals surface area contributed by atoms with Crippen LogP contribution in [0.1, 0.15) is 29.8 Å². The Morgan fingerprint density at radius 3 is 2.67 bits per heavy atom. The van der Waals surface area contributed by atoms with Crippen molar-refractivity contribution < 1.29 is 0 Å². The molecule has 114 valence electrons. The van der Waals surface area contributed by atoms with Crippen LogP contribution in [-0.4, -0.2) is 25.0 Å². The number of nitrogens with zero attached hydrogens (tertiary/aromatic N) is 1. The second-order valence-electron chi connectivity index (χ2n) is 5.10. The van der Waals surface area contributed by atoms with Gasteiger partial charge in [-0.2, -0.15) is 0 Å². The number of hydrogen-bond acceptors (Lipinski definition) is 3. The molecule has 0 spiro atoms. The lowest BCUT2D eigenvalue weighted by Gasteiger charge is -2.24. The van der Waals surface area contributed by atoms with Gasteiger partial charge in [0.15, 0.2) is 0 Å². The van der Waals surface area contributed by atoms with E-state index in [9.17, 15) is 0 Å². The quantitative estimate of drug-likeness (QED) is 0.765. The molecular weight excluding hydrogens is 300 g/mol. The van der Waals surface area contributed by atoms with E-state index in [1.54, 1.807) is 0 Å². The van der Waals surface area contributed by atoms with Crippen LogP contribution in [0.2, 0.25) is 5.02 Å². The van der Waals surface area contributed by atoms with Crippen molar-refractivity contribution >= 4 is 22.9 Å². The molecule has 1 aromatic carbocycles. The third-order valence-corrected chi connectivity index (χ3v) is 4.98. The highest BCUT2D eigenvalue weighted by atomic mass is 35.5. The van der Waals surface area contributed by atoms with E-state index >= 15 is 0 Å². The van der Waals surface area contributed by atoms with Crippen LogP contribution in [0, 0.1) is 0 Å². The summed E-state index contributed by atoms with van der Waals surface area (Å²) in [6.07, 6.45) is 1.06. The molecule has 1 unspecified atom stereocenters. The molecule has 0 saturated carbocycles. The Hall–Kier alpha value is -0.870. The summed E-state index contributed by atoms with van der Waals surface area (Å²) < 4.78 is 0. The molecule has 0 aliphatic carbocycles. The smallest absolute Gasteiger partial charge is 0.0453 e. The van der Waals surface area contributed by atoms with Gasteiger partial charge in [0, 0.05) is 29.0 Å². The van der Waals surface area contributed by atoms with Crippen LogP contribution in [0.4, 0.5) is 0 Å². The summed E-state index contributed by atoms with van der Waals surface area (Å²) >= 11 is 8.14. The maximum absolute atomic E-state index is 6.31. The van der Waals surface area contributed by atoms with Gasteiger partial charge in [0.25, 0.3) is 0 Å². The van der Waals surface area contributed by atoms with E-state index in [4.69, 9.17) is 11.6 Å². The zero-order valence-corrected chi connectivity index (χ0v) is 14.3. The summed E-state index contributed by atoms with van der Waals surface area (Å²) in [4.78, 5) is 3.91. The highest BCUT2D eigenvalue weighted by Gasteiger charge is 2.14. The minimum atomic E-state index is 0.302. The van der Waals surface area contributed by atoms with E-state index in [2.05, 4.69) is 46.8 Å².